The number of benzene rings is 2. The molecule has 0 saturated carbocycles. The zero-order chi connectivity index (χ0) is 17.7. The van der Waals surface area contributed by atoms with Crippen LogP contribution in [0.4, 0.5) is 8.78 Å². The molecule has 1 aromatic heterocycles. The second kappa shape index (κ2) is 6.23. The van der Waals surface area contributed by atoms with Crippen molar-refractivity contribution in [1.29, 1.82) is 0 Å². The molecule has 0 radical (unpaired) electrons. The molecule has 2 heterocycles. The molecule has 4 nitrogen and oxygen atoms in total. The Balaban J connectivity index is 1.93. The molecule has 2 aromatic carbocycles. The van der Waals surface area contributed by atoms with E-state index in [0.717, 1.165) is 9.99 Å². The van der Waals surface area contributed by atoms with Gasteiger partial charge in [-0.15, -0.1) is 0 Å². The molecule has 4 rings (SSSR count). The fourth-order valence-electron chi connectivity index (χ4n) is 3.36. The number of aromatic nitrogens is 2. The molecule has 130 valence electrons. The third-order valence-electron chi connectivity index (χ3n) is 4.30. The number of imidazole rings is 1. The lowest BCUT2D eigenvalue weighted by molar-refractivity contribution is -0.0507. The number of hydrogen-bond donors (Lipinski definition) is 1. The molecule has 8 heteroatoms. The molecule has 0 saturated heterocycles. The lowest BCUT2D eigenvalue weighted by Gasteiger charge is -2.20. The Morgan fingerprint density at radius 2 is 2.12 bits per heavy atom. The van der Waals surface area contributed by atoms with E-state index in [-0.39, 0.29) is 12.2 Å². The van der Waals surface area contributed by atoms with Gasteiger partial charge in [-0.05, 0) is 30.3 Å². The van der Waals surface area contributed by atoms with Gasteiger partial charge in [-0.25, -0.2) is 4.98 Å². The molecule has 0 fully saturated rings. The molecular formula is C17H12BrClF2N2O2. The molecule has 0 aliphatic carbocycles. The molecule has 0 bridgehead atoms. The predicted octanol–water partition coefficient (Wildman–Crippen LogP) is 5.08. The Labute approximate surface area is 155 Å². The Bertz CT molecular complexity index is 963. The van der Waals surface area contributed by atoms with Crippen LogP contribution in [0, 0.1) is 0 Å². The van der Waals surface area contributed by atoms with E-state index in [4.69, 9.17) is 11.6 Å². The van der Waals surface area contributed by atoms with Crippen molar-refractivity contribution in [2.24, 2.45) is 0 Å². The number of ether oxygens (including phenoxy) is 1. The van der Waals surface area contributed by atoms with Crippen LogP contribution in [0.1, 0.15) is 30.0 Å². The van der Waals surface area contributed by atoms with Gasteiger partial charge in [0.15, 0.2) is 0 Å². The van der Waals surface area contributed by atoms with Crippen LogP contribution in [0.2, 0.25) is 5.02 Å². The molecule has 1 aliphatic heterocycles. The maximum absolute atomic E-state index is 12.8. The van der Waals surface area contributed by atoms with E-state index in [2.05, 4.69) is 25.7 Å². The van der Waals surface area contributed by atoms with Crippen LogP contribution in [0.5, 0.6) is 5.75 Å². The molecule has 1 unspecified atom stereocenters. The molecule has 0 amide bonds. The summed E-state index contributed by atoms with van der Waals surface area (Å²) in [5.41, 5.74) is 1.92. The van der Waals surface area contributed by atoms with Crippen LogP contribution in [0.15, 0.2) is 40.9 Å². The SMILES string of the molecule is O[C@H]1CC(c2c(Cl)cccc2OC(F)F)n2c1nc1ccc(Br)cc12. The van der Waals surface area contributed by atoms with Gasteiger partial charge >= 0.3 is 6.61 Å². The van der Waals surface area contributed by atoms with Gasteiger partial charge in [0.05, 0.1) is 17.1 Å². The van der Waals surface area contributed by atoms with Crippen LogP contribution < -0.4 is 4.74 Å². The first-order valence-corrected chi connectivity index (χ1v) is 8.71. The van der Waals surface area contributed by atoms with Crippen molar-refractivity contribution in [3.8, 4) is 5.75 Å². The Kier molecular flexibility index (Phi) is 4.17. The first-order valence-electron chi connectivity index (χ1n) is 7.54. The number of nitrogens with zero attached hydrogens (tertiary/aromatic N) is 2. The number of aliphatic hydroxyl groups is 1. The summed E-state index contributed by atoms with van der Waals surface area (Å²) in [7, 11) is 0. The van der Waals surface area contributed by atoms with E-state index >= 15 is 0 Å². The first kappa shape index (κ1) is 16.8. The standard InChI is InChI=1S/C17H12BrClF2N2O2/c18-8-4-5-10-11(6-8)23-12(7-13(24)16(23)22-10)15-9(19)2-1-3-14(15)25-17(20)21/h1-6,12-13,17,24H,7H2/t12?,13-/m0/s1. The molecule has 25 heavy (non-hydrogen) atoms. The van der Waals surface area contributed by atoms with Gasteiger partial charge in [0.1, 0.15) is 17.7 Å². The number of hydrogen-bond acceptors (Lipinski definition) is 3. The van der Waals surface area contributed by atoms with Gasteiger partial charge in [-0.3, -0.25) is 0 Å². The van der Waals surface area contributed by atoms with E-state index in [0.29, 0.717) is 21.9 Å². The van der Waals surface area contributed by atoms with Crippen molar-refractivity contribution in [3.63, 3.8) is 0 Å². The summed E-state index contributed by atoms with van der Waals surface area (Å²) in [4.78, 5) is 4.47. The largest absolute Gasteiger partial charge is 0.434 e. The lowest BCUT2D eigenvalue weighted by atomic mass is 10.0. The third-order valence-corrected chi connectivity index (χ3v) is 5.12. The van der Waals surface area contributed by atoms with Crippen molar-refractivity contribution in [3.05, 3.63) is 57.3 Å². The molecular weight excluding hydrogens is 418 g/mol. The van der Waals surface area contributed by atoms with E-state index < -0.39 is 18.8 Å². The summed E-state index contributed by atoms with van der Waals surface area (Å²) in [6.07, 6.45) is -0.527. The Morgan fingerprint density at radius 3 is 2.88 bits per heavy atom. The number of halogens is 4. The predicted molar refractivity (Wildman–Crippen MR) is 93.2 cm³/mol. The normalized spacial score (nSPS) is 19.6. The fourth-order valence-corrected chi connectivity index (χ4v) is 4.00. The maximum Gasteiger partial charge on any atom is 0.387 e. The Morgan fingerprint density at radius 1 is 1.32 bits per heavy atom. The quantitative estimate of drug-likeness (QED) is 0.631. The highest BCUT2D eigenvalue weighted by molar-refractivity contribution is 9.10. The number of aliphatic hydroxyl groups excluding tert-OH is 1. The summed E-state index contributed by atoms with van der Waals surface area (Å²) in [5.74, 6) is 0.491. The molecule has 1 N–H and O–H groups in total. The summed E-state index contributed by atoms with van der Waals surface area (Å²) >= 11 is 9.73. The van der Waals surface area contributed by atoms with Gasteiger partial charge < -0.3 is 14.4 Å². The highest BCUT2D eigenvalue weighted by atomic mass is 79.9. The smallest absolute Gasteiger partial charge is 0.387 e. The van der Waals surface area contributed by atoms with Crippen molar-refractivity contribution in [2.75, 3.05) is 0 Å². The second-order valence-electron chi connectivity index (χ2n) is 5.77. The third kappa shape index (κ3) is 2.80. The summed E-state index contributed by atoms with van der Waals surface area (Å²) in [5, 5.41) is 10.7. The average molecular weight is 430 g/mol. The molecule has 3 aromatic rings. The van der Waals surface area contributed by atoms with Crippen molar-refractivity contribution in [2.45, 2.75) is 25.2 Å². The minimum Gasteiger partial charge on any atom is -0.434 e. The van der Waals surface area contributed by atoms with Gasteiger partial charge in [0.25, 0.3) is 0 Å². The number of rotatable bonds is 3. The minimum absolute atomic E-state index is 0.00407. The zero-order valence-corrected chi connectivity index (χ0v) is 15.0. The summed E-state index contributed by atoms with van der Waals surface area (Å²) in [6, 6.07) is 9.73. The van der Waals surface area contributed by atoms with E-state index in [1.165, 1.54) is 6.07 Å². The lowest BCUT2D eigenvalue weighted by Crippen LogP contribution is -2.11. The van der Waals surface area contributed by atoms with Crippen LogP contribution in [0.3, 0.4) is 0 Å². The van der Waals surface area contributed by atoms with E-state index in [1.54, 1.807) is 12.1 Å². The highest BCUT2D eigenvalue weighted by Crippen LogP contribution is 2.46. The van der Waals surface area contributed by atoms with E-state index in [1.807, 2.05) is 22.8 Å². The second-order valence-corrected chi connectivity index (χ2v) is 7.09. The van der Waals surface area contributed by atoms with Crippen LogP contribution in [-0.4, -0.2) is 21.3 Å². The number of alkyl halides is 2. The summed E-state index contributed by atoms with van der Waals surface area (Å²) < 4.78 is 32.9. The summed E-state index contributed by atoms with van der Waals surface area (Å²) in [6.45, 7) is -2.96. The van der Waals surface area contributed by atoms with Crippen molar-refractivity contribution in [1.82, 2.24) is 9.55 Å². The van der Waals surface area contributed by atoms with Gasteiger partial charge in [-0.1, -0.05) is 33.6 Å². The maximum atomic E-state index is 12.8. The van der Waals surface area contributed by atoms with E-state index in [9.17, 15) is 13.9 Å². The minimum atomic E-state index is -2.96. The van der Waals surface area contributed by atoms with Crippen molar-refractivity contribution >= 4 is 38.6 Å². The van der Waals surface area contributed by atoms with Crippen LogP contribution in [-0.2, 0) is 0 Å². The van der Waals surface area contributed by atoms with Crippen LogP contribution >= 0.6 is 27.5 Å². The van der Waals surface area contributed by atoms with Gasteiger partial charge in [0.2, 0.25) is 0 Å². The van der Waals surface area contributed by atoms with Gasteiger partial charge in [-0.2, -0.15) is 8.78 Å². The molecule has 1 aliphatic rings. The number of fused-ring (bicyclic) bond motifs is 3. The van der Waals surface area contributed by atoms with Crippen molar-refractivity contribution < 1.29 is 18.6 Å². The monoisotopic (exact) mass is 428 g/mol. The average Bonchev–Trinajstić information content (AvgIpc) is 3.05. The fraction of sp³-hybridized carbons (Fsp3) is 0.235. The highest BCUT2D eigenvalue weighted by Gasteiger charge is 2.36. The molecule has 0 spiro atoms. The zero-order valence-electron chi connectivity index (χ0n) is 12.7. The first-order chi connectivity index (χ1) is 12.0. The van der Waals surface area contributed by atoms with Gasteiger partial charge in [0, 0.05) is 21.5 Å². The topological polar surface area (TPSA) is 47.3 Å². The molecule has 2 atom stereocenters. The van der Waals surface area contributed by atoms with Crippen LogP contribution in [0.25, 0.3) is 11.0 Å². The Hall–Kier alpha value is -1.70.